The van der Waals surface area contributed by atoms with E-state index in [0.717, 1.165) is 50.5 Å². The molecule has 2 fully saturated rings. The van der Waals surface area contributed by atoms with Crippen LogP contribution in [-0.2, 0) is 11.2 Å². The first-order chi connectivity index (χ1) is 16.9. The Bertz CT molecular complexity index is 1020. The minimum atomic E-state index is -1.10. The van der Waals surface area contributed by atoms with Crippen LogP contribution in [0.1, 0.15) is 117 Å². The molecule has 0 spiro atoms. The van der Waals surface area contributed by atoms with Crippen molar-refractivity contribution in [2.24, 2.45) is 5.92 Å². The zero-order valence-electron chi connectivity index (χ0n) is 20.9. The van der Waals surface area contributed by atoms with Crippen LogP contribution in [0.4, 0.5) is 13.2 Å². The summed E-state index contributed by atoms with van der Waals surface area (Å²) in [7, 11) is 0. The van der Waals surface area contributed by atoms with Crippen LogP contribution in [0.2, 0.25) is 0 Å². The molecule has 2 aromatic rings. The number of carbonyl (C=O) groups is 1. The summed E-state index contributed by atoms with van der Waals surface area (Å²) < 4.78 is 49.9. The Morgan fingerprint density at radius 3 is 2.09 bits per heavy atom. The summed E-state index contributed by atoms with van der Waals surface area (Å²) in [4.78, 5) is 12.7. The molecule has 0 radical (unpaired) electrons. The Morgan fingerprint density at radius 2 is 1.46 bits per heavy atom. The number of rotatable bonds is 7. The highest BCUT2D eigenvalue weighted by Crippen LogP contribution is 2.39. The van der Waals surface area contributed by atoms with E-state index in [9.17, 15) is 18.0 Å². The zero-order valence-corrected chi connectivity index (χ0v) is 20.9. The van der Waals surface area contributed by atoms with E-state index < -0.39 is 17.6 Å². The molecule has 2 nitrogen and oxygen atoms in total. The van der Waals surface area contributed by atoms with Crippen molar-refractivity contribution in [3.63, 3.8) is 0 Å². The van der Waals surface area contributed by atoms with Crippen molar-refractivity contribution in [2.75, 3.05) is 0 Å². The molecular formula is C30H37F3O2. The van der Waals surface area contributed by atoms with E-state index in [0.29, 0.717) is 42.7 Å². The van der Waals surface area contributed by atoms with Gasteiger partial charge in [0.2, 0.25) is 0 Å². The van der Waals surface area contributed by atoms with Gasteiger partial charge in [-0.15, -0.1) is 0 Å². The van der Waals surface area contributed by atoms with Gasteiger partial charge in [-0.05, 0) is 104 Å². The third kappa shape index (κ3) is 5.92. The molecule has 5 heteroatoms. The lowest BCUT2D eigenvalue weighted by atomic mass is 9.77. The first kappa shape index (κ1) is 25.8. The molecule has 0 aromatic heterocycles. The molecule has 0 N–H and O–H groups in total. The van der Waals surface area contributed by atoms with Gasteiger partial charge in [-0.25, -0.2) is 18.0 Å². The van der Waals surface area contributed by atoms with Gasteiger partial charge in [0.1, 0.15) is 11.9 Å². The lowest BCUT2D eigenvalue weighted by Crippen LogP contribution is -2.25. The third-order valence-corrected chi connectivity index (χ3v) is 8.19. The van der Waals surface area contributed by atoms with Crippen LogP contribution in [0.3, 0.4) is 0 Å². The Balaban J connectivity index is 1.34. The normalized spacial score (nSPS) is 24.8. The van der Waals surface area contributed by atoms with Crippen LogP contribution in [0.15, 0.2) is 30.3 Å². The molecule has 0 atom stereocenters. The standard InChI is InChI=1S/C30H37F3O2/c1-3-5-20-8-15-24(27(31)18-20)21-11-13-23(14-12-21)35-30(34)26-17-16-25(28(32)29(26)33)22-9-6-19(4-2)7-10-22/h8,15-19,21-23H,3-7,9-14H2,1-2H3. The number of aryl methyl sites for hydroxylation is 1. The molecule has 0 bridgehead atoms. The van der Waals surface area contributed by atoms with Crippen molar-refractivity contribution < 1.29 is 22.7 Å². The van der Waals surface area contributed by atoms with Gasteiger partial charge in [-0.1, -0.05) is 44.9 Å². The molecule has 2 aromatic carbocycles. The Kier molecular flexibility index (Phi) is 8.56. The summed E-state index contributed by atoms with van der Waals surface area (Å²) in [5.41, 5.74) is 1.76. The number of carbonyl (C=O) groups excluding carboxylic acids is 1. The van der Waals surface area contributed by atoms with Crippen LogP contribution in [0.25, 0.3) is 0 Å². The summed E-state index contributed by atoms with van der Waals surface area (Å²) in [6.07, 6.45) is 8.89. The van der Waals surface area contributed by atoms with Crippen LogP contribution in [-0.4, -0.2) is 12.1 Å². The molecule has 2 saturated carbocycles. The monoisotopic (exact) mass is 486 g/mol. The van der Waals surface area contributed by atoms with Gasteiger partial charge in [-0.3, -0.25) is 0 Å². The molecule has 4 rings (SSSR count). The lowest BCUT2D eigenvalue weighted by Gasteiger charge is -2.29. The third-order valence-electron chi connectivity index (χ3n) is 8.19. The zero-order chi connectivity index (χ0) is 24.9. The maximum Gasteiger partial charge on any atom is 0.341 e. The molecule has 0 saturated heterocycles. The second-order valence-corrected chi connectivity index (χ2v) is 10.4. The number of esters is 1. The molecule has 2 aliphatic rings. The van der Waals surface area contributed by atoms with Gasteiger partial charge in [0.05, 0.1) is 5.56 Å². The number of benzene rings is 2. The highest BCUT2D eigenvalue weighted by atomic mass is 19.2. The van der Waals surface area contributed by atoms with Crippen molar-refractivity contribution in [2.45, 2.75) is 102 Å². The highest BCUT2D eigenvalue weighted by molar-refractivity contribution is 5.90. The molecular weight excluding hydrogens is 449 g/mol. The van der Waals surface area contributed by atoms with E-state index >= 15 is 0 Å². The maximum absolute atomic E-state index is 14.9. The van der Waals surface area contributed by atoms with Crippen molar-refractivity contribution in [1.29, 1.82) is 0 Å². The van der Waals surface area contributed by atoms with E-state index in [2.05, 4.69) is 13.8 Å². The van der Waals surface area contributed by atoms with Gasteiger partial charge >= 0.3 is 5.97 Å². The van der Waals surface area contributed by atoms with E-state index in [4.69, 9.17) is 4.74 Å². The number of ether oxygens (including phenoxy) is 1. The van der Waals surface area contributed by atoms with Crippen LogP contribution < -0.4 is 0 Å². The van der Waals surface area contributed by atoms with Crippen LogP contribution >= 0.6 is 0 Å². The second kappa shape index (κ2) is 11.6. The SMILES string of the molecule is CCCc1ccc(C2CCC(OC(=O)c3ccc(C4CCC(CC)CC4)c(F)c3F)CC2)c(F)c1. The Hall–Kier alpha value is -2.30. The van der Waals surface area contributed by atoms with Crippen molar-refractivity contribution in [3.8, 4) is 0 Å². The molecule has 2 aliphatic carbocycles. The summed E-state index contributed by atoms with van der Waals surface area (Å²) >= 11 is 0. The average molecular weight is 487 g/mol. The summed E-state index contributed by atoms with van der Waals surface area (Å²) in [5.74, 6) is -2.25. The van der Waals surface area contributed by atoms with E-state index in [1.165, 1.54) is 6.07 Å². The lowest BCUT2D eigenvalue weighted by molar-refractivity contribution is 0.0188. The van der Waals surface area contributed by atoms with Crippen molar-refractivity contribution >= 4 is 5.97 Å². The quantitative estimate of drug-likeness (QED) is 0.366. The molecule has 35 heavy (non-hydrogen) atoms. The molecule has 190 valence electrons. The second-order valence-electron chi connectivity index (χ2n) is 10.4. The summed E-state index contributed by atoms with van der Waals surface area (Å²) in [6.45, 7) is 4.24. The van der Waals surface area contributed by atoms with Gasteiger partial charge in [0, 0.05) is 0 Å². The van der Waals surface area contributed by atoms with Gasteiger partial charge < -0.3 is 4.74 Å². The van der Waals surface area contributed by atoms with Gasteiger partial charge in [0.25, 0.3) is 0 Å². The largest absolute Gasteiger partial charge is 0.459 e. The fourth-order valence-electron chi connectivity index (χ4n) is 5.97. The van der Waals surface area contributed by atoms with Crippen LogP contribution in [0, 0.1) is 23.4 Å². The van der Waals surface area contributed by atoms with Crippen LogP contribution in [0.5, 0.6) is 0 Å². The maximum atomic E-state index is 14.9. The Morgan fingerprint density at radius 1 is 0.829 bits per heavy atom. The van der Waals surface area contributed by atoms with Crippen molar-refractivity contribution in [3.05, 3.63) is 70.0 Å². The van der Waals surface area contributed by atoms with Gasteiger partial charge in [-0.2, -0.15) is 0 Å². The summed E-state index contributed by atoms with van der Waals surface area (Å²) in [5, 5.41) is 0. The smallest absolute Gasteiger partial charge is 0.341 e. The predicted molar refractivity (Wildman–Crippen MR) is 132 cm³/mol. The molecule has 0 amide bonds. The van der Waals surface area contributed by atoms with E-state index in [1.807, 2.05) is 12.1 Å². The highest BCUT2D eigenvalue weighted by Gasteiger charge is 2.30. The predicted octanol–water partition coefficient (Wildman–Crippen LogP) is 8.62. The number of halogens is 3. The first-order valence-corrected chi connectivity index (χ1v) is 13.4. The molecule has 0 unspecified atom stereocenters. The minimum absolute atomic E-state index is 0.00378. The number of hydrogen-bond acceptors (Lipinski definition) is 2. The number of hydrogen-bond donors (Lipinski definition) is 0. The average Bonchev–Trinajstić information content (AvgIpc) is 2.87. The Labute approximate surface area is 207 Å². The fraction of sp³-hybridized carbons (Fsp3) is 0.567. The molecule has 0 aliphatic heterocycles. The fourth-order valence-corrected chi connectivity index (χ4v) is 5.97. The topological polar surface area (TPSA) is 26.3 Å². The first-order valence-electron chi connectivity index (χ1n) is 13.4. The molecule has 0 heterocycles. The summed E-state index contributed by atoms with van der Waals surface area (Å²) in [6, 6.07) is 8.44. The minimum Gasteiger partial charge on any atom is -0.459 e. The van der Waals surface area contributed by atoms with Crippen molar-refractivity contribution in [1.82, 2.24) is 0 Å². The van der Waals surface area contributed by atoms with Gasteiger partial charge in [0.15, 0.2) is 11.6 Å². The van der Waals surface area contributed by atoms with E-state index in [-0.39, 0.29) is 29.3 Å². The van der Waals surface area contributed by atoms with E-state index in [1.54, 1.807) is 12.1 Å².